The Bertz CT molecular complexity index is 81.3. The fourth-order valence-corrected chi connectivity index (χ4v) is 0.949. The van der Waals surface area contributed by atoms with Crippen molar-refractivity contribution in [1.82, 2.24) is 0 Å². The van der Waals surface area contributed by atoms with Crippen LogP contribution in [0, 0.1) is 11.8 Å². The average Bonchev–Trinajstić information content (AvgIpc) is 1.81. The molecular formula is C8H17BO. The smallest absolute Gasteiger partial charge is 0.283 e. The number of hydrogen-bond acceptors (Lipinski definition) is 1. The van der Waals surface area contributed by atoms with E-state index in [9.17, 15) is 0 Å². The molecule has 2 radical (unpaired) electrons. The van der Waals surface area contributed by atoms with Crippen molar-refractivity contribution >= 4 is 8.05 Å². The van der Waals surface area contributed by atoms with Crippen molar-refractivity contribution in [2.75, 3.05) is 0 Å². The van der Waals surface area contributed by atoms with Gasteiger partial charge >= 0.3 is 0 Å². The molecule has 0 aliphatic heterocycles. The molecule has 1 nitrogen and oxygen atoms in total. The van der Waals surface area contributed by atoms with Gasteiger partial charge in [-0.3, -0.25) is 0 Å². The van der Waals surface area contributed by atoms with E-state index in [4.69, 9.17) is 12.7 Å². The minimum Gasteiger partial charge on any atom is -0.445 e. The predicted octanol–water partition coefficient (Wildman–Crippen LogP) is 2.16. The molecular weight excluding hydrogens is 123 g/mol. The highest BCUT2D eigenvalue weighted by Gasteiger charge is 2.12. The molecule has 0 amide bonds. The van der Waals surface area contributed by atoms with Crippen LogP contribution < -0.4 is 0 Å². The summed E-state index contributed by atoms with van der Waals surface area (Å²) in [5, 5.41) is 0. The van der Waals surface area contributed by atoms with E-state index >= 15 is 0 Å². The molecule has 0 aromatic carbocycles. The maximum Gasteiger partial charge on any atom is 0.283 e. The molecule has 0 heterocycles. The van der Waals surface area contributed by atoms with Gasteiger partial charge in [0.25, 0.3) is 8.05 Å². The zero-order valence-corrected chi connectivity index (χ0v) is 7.42. The Labute approximate surface area is 65.6 Å². The molecule has 0 saturated heterocycles. The van der Waals surface area contributed by atoms with Crippen LogP contribution in [0.1, 0.15) is 34.1 Å². The fourth-order valence-electron chi connectivity index (χ4n) is 0.949. The first-order valence-electron chi connectivity index (χ1n) is 3.93. The second-order valence-corrected chi connectivity index (χ2v) is 3.55. The molecule has 10 heavy (non-hydrogen) atoms. The van der Waals surface area contributed by atoms with Gasteiger partial charge in [0.1, 0.15) is 0 Å². The van der Waals surface area contributed by atoms with Crippen molar-refractivity contribution in [3.63, 3.8) is 0 Å². The van der Waals surface area contributed by atoms with Gasteiger partial charge in [-0.15, -0.1) is 0 Å². The van der Waals surface area contributed by atoms with Crippen molar-refractivity contribution in [1.29, 1.82) is 0 Å². The zero-order chi connectivity index (χ0) is 8.15. The van der Waals surface area contributed by atoms with E-state index in [1.54, 1.807) is 0 Å². The van der Waals surface area contributed by atoms with Gasteiger partial charge in [-0.1, -0.05) is 27.7 Å². The SMILES string of the molecule is [B]OC(CC(C)C)C(C)C. The van der Waals surface area contributed by atoms with Gasteiger partial charge < -0.3 is 4.65 Å². The van der Waals surface area contributed by atoms with E-state index in [-0.39, 0.29) is 6.10 Å². The van der Waals surface area contributed by atoms with Gasteiger partial charge in [0.2, 0.25) is 0 Å². The average molecular weight is 140 g/mol. The van der Waals surface area contributed by atoms with Crippen molar-refractivity contribution < 1.29 is 4.65 Å². The lowest BCUT2D eigenvalue weighted by atomic mass is 9.97. The van der Waals surface area contributed by atoms with E-state index in [0.29, 0.717) is 11.8 Å². The highest BCUT2D eigenvalue weighted by molar-refractivity contribution is 5.98. The van der Waals surface area contributed by atoms with Crippen LogP contribution in [0.15, 0.2) is 0 Å². The van der Waals surface area contributed by atoms with Gasteiger partial charge in [-0.25, -0.2) is 0 Å². The van der Waals surface area contributed by atoms with Gasteiger partial charge in [0.15, 0.2) is 0 Å². The molecule has 0 aliphatic rings. The molecule has 58 valence electrons. The number of hydrogen-bond donors (Lipinski definition) is 0. The van der Waals surface area contributed by atoms with Crippen LogP contribution in [0.2, 0.25) is 0 Å². The van der Waals surface area contributed by atoms with Crippen LogP contribution in [0.3, 0.4) is 0 Å². The van der Waals surface area contributed by atoms with Crippen molar-refractivity contribution in [3.05, 3.63) is 0 Å². The predicted molar refractivity (Wildman–Crippen MR) is 44.9 cm³/mol. The molecule has 0 aliphatic carbocycles. The molecule has 0 aromatic heterocycles. The highest BCUT2D eigenvalue weighted by atomic mass is 16.4. The summed E-state index contributed by atoms with van der Waals surface area (Å²) in [5.74, 6) is 1.18. The molecule has 0 saturated carbocycles. The quantitative estimate of drug-likeness (QED) is 0.543. The minimum atomic E-state index is 0.222. The Morgan fingerprint density at radius 1 is 1.20 bits per heavy atom. The van der Waals surface area contributed by atoms with Crippen molar-refractivity contribution in [2.45, 2.75) is 40.2 Å². The van der Waals surface area contributed by atoms with E-state index in [0.717, 1.165) is 6.42 Å². The Morgan fingerprint density at radius 2 is 1.70 bits per heavy atom. The summed E-state index contributed by atoms with van der Waals surface area (Å²) >= 11 is 0. The van der Waals surface area contributed by atoms with Crippen LogP contribution in [-0.2, 0) is 4.65 Å². The molecule has 0 N–H and O–H groups in total. The lowest BCUT2D eigenvalue weighted by Gasteiger charge is -2.21. The maximum absolute atomic E-state index is 5.12. The van der Waals surface area contributed by atoms with Crippen molar-refractivity contribution in [2.24, 2.45) is 11.8 Å². The first-order valence-corrected chi connectivity index (χ1v) is 3.93. The molecule has 0 bridgehead atoms. The normalized spacial score (nSPS) is 14.6. The standard InChI is InChI=1S/C8H17BO/c1-6(2)5-8(10-9)7(3)4/h6-8H,5H2,1-4H3. The van der Waals surface area contributed by atoms with Crippen LogP contribution in [0.5, 0.6) is 0 Å². The van der Waals surface area contributed by atoms with E-state index in [1.807, 2.05) is 0 Å². The Kier molecular flexibility index (Phi) is 4.79. The Balaban J connectivity index is 3.60. The van der Waals surface area contributed by atoms with Gasteiger partial charge in [-0.05, 0) is 18.3 Å². The first-order chi connectivity index (χ1) is 4.57. The summed E-state index contributed by atoms with van der Waals surface area (Å²) in [7, 11) is 5.12. The van der Waals surface area contributed by atoms with Crippen LogP contribution in [0.25, 0.3) is 0 Å². The summed E-state index contributed by atoms with van der Waals surface area (Å²) in [6, 6.07) is 0. The molecule has 0 aromatic rings. The van der Waals surface area contributed by atoms with E-state index in [2.05, 4.69) is 27.7 Å². The first kappa shape index (κ1) is 10.0. The fraction of sp³-hybridized carbons (Fsp3) is 1.00. The molecule has 1 unspecified atom stereocenters. The van der Waals surface area contributed by atoms with Crippen LogP contribution in [0.4, 0.5) is 0 Å². The zero-order valence-electron chi connectivity index (χ0n) is 7.42. The summed E-state index contributed by atoms with van der Waals surface area (Å²) in [6.07, 6.45) is 1.27. The third-order valence-corrected chi connectivity index (χ3v) is 1.62. The van der Waals surface area contributed by atoms with E-state index < -0.39 is 0 Å². The highest BCUT2D eigenvalue weighted by Crippen LogP contribution is 2.14. The lowest BCUT2D eigenvalue weighted by Crippen LogP contribution is -2.20. The van der Waals surface area contributed by atoms with Crippen LogP contribution >= 0.6 is 0 Å². The summed E-state index contributed by atoms with van der Waals surface area (Å²) < 4.78 is 4.82. The largest absolute Gasteiger partial charge is 0.445 e. The molecule has 0 rings (SSSR count). The summed E-state index contributed by atoms with van der Waals surface area (Å²) in [5.41, 5.74) is 0. The topological polar surface area (TPSA) is 9.23 Å². The van der Waals surface area contributed by atoms with Gasteiger partial charge in [-0.2, -0.15) is 0 Å². The molecule has 0 spiro atoms. The summed E-state index contributed by atoms with van der Waals surface area (Å²) in [4.78, 5) is 0. The number of rotatable bonds is 4. The van der Waals surface area contributed by atoms with Gasteiger partial charge in [0, 0.05) is 6.10 Å². The van der Waals surface area contributed by atoms with E-state index in [1.165, 1.54) is 0 Å². The molecule has 0 fully saturated rings. The lowest BCUT2D eigenvalue weighted by molar-refractivity contribution is 0.140. The molecule has 1 atom stereocenters. The monoisotopic (exact) mass is 140 g/mol. The third kappa shape index (κ3) is 3.94. The second kappa shape index (κ2) is 4.78. The third-order valence-electron chi connectivity index (χ3n) is 1.62. The summed E-state index contributed by atoms with van der Waals surface area (Å²) in [6.45, 7) is 8.60. The molecule has 2 heteroatoms. The Hall–Kier alpha value is 0.0249. The minimum absolute atomic E-state index is 0.222. The van der Waals surface area contributed by atoms with Crippen molar-refractivity contribution in [3.8, 4) is 0 Å². The van der Waals surface area contributed by atoms with Gasteiger partial charge in [0.05, 0.1) is 0 Å². The second-order valence-electron chi connectivity index (χ2n) is 3.55. The van der Waals surface area contributed by atoms with Crippen LogP contribution in [-0.4, -0.2) is 14.2 Å². The Morgan fingerprint density at radius 3 is 1.80 bits per heavy atom. The maximum atomic E-state index is 5.12.